The summed E-state index contributed by atoms with van der Waals surface area (Å²) in [6.45, 7) is 4.56. The number of aliphatic carboxylic acids is 1. The Labute approximate surface area is 203 Å². The Kier molecular flexibility index (Phi) is 6.68. The predicted molar refractivity (Wildman–Crippen MR) is 137 cm³/mol. The number of thioether (sulfide) groups is 1. The van der Waals surface area contributed by atoms with E-state index < -0.39 is 18.4 Å². The molecule has 170 valence electrons. The molecule has 2 aliphatic rings. The second kappa shape index (κ2) is 9.50. The standard InChI is InChI=1S/C23H21N3O4S3/c1-3-24-15(10-9-14-7-5-6-8-16(14)24)11-12-17-20(29)25(4-2)22(32-17)19-21(30)26(13-18(27)28)23(31)33-19/h5-12H,3-4,13H2,1-2H3,(H,27,28)/b15-11+,17-12+,22-19+. The van der Waals surface area contributed by atoms with E-state index >= 15 is 0 Å². The Morgan fingerprint density at radius 2 is 1.85 bits per heavy atom. The number of anilines is 1. The van der Waals surface area contributed by atoms with Crippen molar-refractivity contribution in [3.8, 4) is 0 Å². The molecule has 3 heterocycles. The van der Waals surface area contributed by atoms with Gasteiger partial charge >= 0.3 is 5.97 Å². The molecule has 10 heteroatoms. The normalized spacial score (nSPS) is 19.1. The monoisotopic (exact) mass is 499 g/mol. The summed E-state index contributed by atoms with van der Waals surface area (Å²) in [7, 11) is 0. The van der Waals surface area contributed by atoms with Crippen molar-refractivity contribution >= 4 is 74.3 Å². The molecule has 33 heavy (non-hydrogen) atoms. The average molecular weight is 500 g/mol. The smallest absolute Gasteiger partial charge is 0.323 e. The van der Waals surface area contributed by atoms with Crippen LogP contribution in [-0.4, -0.2) is 43.9 Å². The molecule has 2 aliphatic heterocycles. The van der Waals surface area contributed by atoms with Gasteiger partial charge < -0.3 is 10.0 Å². The minimum atomic E-state index is -1.14. The van der Waals surface area contributed by atoms with Gasteiger partial charge in [0.25, 0.3) is 11.5 Å². The third kappa shape index (κ3) is 4.33. The molecule has 4 rings (SSSR count). The van der Waals surface area contributed by atoms with Crippen molar-refractivity contribution in [2.45, 2.75) is 20.4 Å². The fraction of sp³-hybridized carbons (Fsp3) is 0.217. The van der Waals surface area contributed by atoms with E-state index in [1.165, 1.54) is 15.9 Å². The van der Waals surface area contributed by atoms with Gasteiger partial charge in [-0.1, -0.05) is 48.3 Å². The number of allylic oxidation sites excluding steroid dienone is 2. The van der Waals surface area contributed by atoms with Gasteiger partial charge in [0.05, 0.1) is 4.53 Å². The highest BCUT2D eigenvalue weighted by atomic mass is 32.2. The highest BCUT2D eigenvalue weighted by Gasteiger charge is 2.35. The molecule has 1 amide bonds. The molecule has 1 aromatic heterocycles. The quantitative estimate of drug-likeness (QED) is 0.632. The molecule has 1 saturated heterocycles. The zero-order chi connectivity index (χ0) is 23.7. The van der Waals surface area contributed by atoms with Crippen LogP contribution in [0.25, 0.3) is 17.1 Å². The van der Waals surface area contributed by atoms with Crippen molar-refractivity contribution in [1.82, 2.24) is 9.47 Å². The summed E-state index contributed by atoms with van der Waals surface area (Å²) in [6, 6.07) is 8.13. The van der Waals surface area contributed by atoms with Crippen LogP contribution in [0.15, 0.2) is 46.9 Å². The molecule has 1 fully saturated rings. The number of amides is 1. The molecule has 1 N–H and O–H groups in total. The van der Waals surface area contributed by atoms with Crippen LogP contribution in [0, 0.1) is 0 Å². The lowest BCUT2D eigenvalue weighted by Gasteiger charge is -2.29. The molecule has 0 atom stereocenters. The van der Waals surface area contributed by atoms with Crippen LogP contribution in [0.1, 0.15) is 19.4 Å². The molecule has 0 spiro atoms. The first kappa shape index (κ1) is 23.2. The SMILES string of the molecule is CCN1/C(=C/C=c2/s/c(=C3/SC(=S)N(CC(=O)O)C3=O)n(CC)c2=O)C=Cc2ccccc21. The number of thiazole rings is 1. The van der Waals surface area contributed by atoms with Crippen molar-refractivity contribution in [2.24, 2.45) is 0 Å². The van der Waals surface area contributed by atoms with Crippen LogP contribution in [0.5, 0.6) is 0 Å². The molecule has 2 aromatic rings. The average Bonchev–Trinajstić information content (AvgIpc) is 3.26. The summed E-state index contributed by atoms with van der Waals surface area (Å²) in [5.41, 5.74) is 3.01. The first-order valence-electron chi connectivity index (χ1n) is 10.3. The maximum atomic E-state index is 13.1. The molecule has 0 unspecified atom stereocenters. The molecule has 1 aromatic carbocycles. The number of fused-ring (bicyclic) bond motifs is 1. The van der Waals surface area contributed by atoms with Crippen LogP contribution in [0.4, 0.5) is 5.69 Å². The number of carboxylic acid groups (broad SMARTS) is 1. The van der Waals surface area contributed by atoms with Crippen LogP contribution in [0.3, 0.4) is 0 Å². The Balaban J connectivity index is 1.80. The number of carbonyl (C=O) groups is 2. The number of carbonyl (C=O) groups excluding carboxylic acids is 1. The number of aromatic nitrogens is 1. The van der Waals surface area contributed by atoms with Gasteiger partial charge in [0.15, 0.2) is 0 Å². The van der Waals surface area contributed by atoms with Gasteiger partial charge in [0.1, 0.15) is 20.4 Å². The van der Waals surface area contributed by atoms with Gasteiger partial charge in [-0.3, -0.25) is 23.9 Å². The lowest BCUT2D eigenvalue weighted by atomic mass is 10.1. The largest absolute Gasteiger partial charge is 0.480 e. The summed E-state index contributed by atoms with van der Waals surface area (Å²) in [5, 5.41) is 9.07. The van der Waals surface area contributed by atoms with Gasteiger partial charge in [0, 0.05) is 24.5 Å². The number of nitrogens with zero attached hydrogens (tertiary/aromatic N) is 3. The second-order valence-corrected chi connectivity index (χ2v) is 9.87. The fourth-order valence-electron chi connectivity index (χ4n) is 3.73. The second-order valence-electron chi connectivity index (χ2n) is 7.20. The lowest BCUT2D eigenvalue weighted by Crippen LogP contribution is -2.35. The highest BCUT2D eigenvalue weighted by Crippen LogP contribution is 2.31. The minimum Gasteiger partial charge on any atom is -0.480 e. The van der Waals surface area contributed by atoms with Crippen LogP contribution < -0.4 is 19.7 Å². The van der Waals surface area contributed by atoms with Crippen molar-refractivity contribution in [2.75, 3.05) is 18.0 Å². The van der Waals surface area contributed by atoms with Crippen molar-refractivity contribution in [3.05, 3.63) is 67.2 Å². The van der Waals surface area contributed by atoms with E-state index in [4.69, 9.17) is 17.3 Å². The first-order valence-corrected chi connectivity index (χ1v) is 12.4. The molecule has 0 radical (unpaired) electrons. The molecule has 0 bridgehead atoms. The zero-order valence-electron chi connectivity index (χ0n) is 18.0. The molecular weight excluding hydrogens is 478 g/mol. The van der Waals surface area contributed by atoms with E-state index in [0.717, 1.165) is 40.2 Å². The summed E-state index contributed by atoms with van der Waals surface area (Å²) in [5.74, 6) is -1.63. The zero-order valence-corrected chi connectivity index (χ0v) is 20.4. The van der Waals surface area contributed by atoms with E-state index in [0.29, 0.717) is 20.6 Å². The van der Waals surface area contributed by atoms with Crippen LogP contribution >= 0.6 is 35.3 Å². The summed E-state index contributed by atoms with van der Waals surface area (Å²) >= 11 is 7.44. The van der Waals surface area contributed by atoms with E-state index in [9.17, 15) is 14.4 Å². The number of rotatable bonds is 5. The summed E-state index contributed by atoms with van der Waals surface area (Å²) in [4.78, 5) is 40.5. The summed E-state index contributed by atoms with van der Waals surface area (Å²) < 4.78 is 2.70. The molecule has 7 nitrogen and oxygen atoms in total. The van der Waals surface area contributed by atoms with Crippen LogP contribution in [0.2, 0.25) is 0 Å². The number of hydrogen-bond donors (Lipinski definition) is 1. The van der Waals surface area contributed by atoms with Gasteiger partial charge in [-0.25, -0.2) is 0 Å². The van der Waals surface area contributed by atoms with Crippen molar-refractivity contribution < 1.29 is 14.7 Å². The Bertz CT molecular complexity index is 1400. The number of likely N-dealkylation sites (N-methyl/N-ethyl adjacent to an activating group) is 1. The number of benzene rings is 1. The third-order valence-electron chi connectivity index (χ3n) is 5.26. The number of carboxylic acids is 1. The fourth-order valence-corrected chi connectivity index (χ4v) is 6.24. The highest BCUT2D eigenvalue weighted by molar-refractivity contribution is 8.30. The Morgan fingerprint density at radius 1 is 1.09 bits per heavy atom. The Morgan fingerprint density at radius 3 is 2.55 bits per heavy atom. The maximum absolute atomic E-state index is 13.1. The van der Waals surface area contributed by atoms with Gasteiger partial charge in [-0.05, 0) is 43.7 Å². The van der Waals surface area contributed by atoms with Gasteiger partial charge in [0.2, 0.25) is 0 Å². The summed E-state index contributed by atoms with van der Waals surface area (Å²) in [6.07, 6.45) is 7.75. The van der Waals surface area contributed by atoms with E-state index in [-0.39, 0.29) is 9.88 Å². The molecular formula is C23H21N3O4S3. The number of thiocarbonyl (C=S) groups is 1. The molecule has 0 aliphatic carbocycles. The number of hydrogen-bond acceptors (Lipinski definition) is 7. The maximum Gasteiger partial charge on any atom is 0.323 e. The van der Waals surface area contributed by atoms with Gasteiger partial charge in [-0.15, -0.1) is 11.3 Å². The minimum absolute atomic E-state index is 0.179. The topological polar surface area (TPSA) is 82.8 Å². The van der Waals surface area contributed by atoms with E-state index in [1.54, 1.807) is 6.08 Å². The molecule has 0 saturated carbocycles. The number of para-hydroxylation sites is 1. The van der Waals surface area contributed by atoms with E-state index in [1.807, 2.05) is 37.3 Å². The van der Waals surface area contributed by atoms with Crippen LogP contribution in [-0.2, 0) is 16.1 Å². The van der Waals surface area contributed by atoms with Crippen molar-refractivity contribution in [3.63, 3.8) is 0 Å². The third-order valence-corrected chi connectivity index (χ3v) is 7.97. The van der Waals surface area contributed by atoms with Crippen molar-refractivity contribution in [1.29, 1.82) is 0 Å². The first-order chi connectivity index (χ1) is 15.8. The predicted octanol–water partition coefficient (Wildman–Crippen LogP) is 2.20. The van der Waals surface area contributed by atoms with Gasteiger partial charge in [-0.2, -0.15) is 0 Å². The van der Waals surface area contributed by atoms with E-state index in [2.05, 4.69) is 24.0 Å². The lowest BCUT2D eigenvalue weighted by molar-refractivity contribution is -0.140. The Hall–Kier alpha value is -2.95.